The van der Waals surface area contributed by atoms with Gasteiger partial charge in [-0.3, -0.25) is 9.78 Å². The maximum absolute atomic E-state index is 12.5. The van der Waals surface area contributed by atoms with Gasteiger partial charge in [-0.25, -0.2) is 9.97 Å². The zero-order chi connectivity index (χ0) is 23.2. The van der Waals surface area contributed by atoms with E-state index in [9.17, 15) is 4.79 Å². The average Bonchev–Trinajstić information content (AvgIpc) is 3.09. The van der Waals surface area contributed by atoms with Crippen LogP contribution in [0.5, 0.6) is 0 Å². The van der Waals surface area contributed by atoms with Crippen molar-refractivity contribution in [2.24, 2.45) is 11.1 Å². The van der Waals surface area contributed by atoms with Gasteiger partial charge in [0.25, 0.3) is 0 Å². The zero-order valence-corrected chi connectivity index (χ0v) is 20.2. The van der Waals surface area contributed by atoms with Gasteiger partial charge in [-0.05, 0) is 61.3 Å². The van der Waals surface area contributed by atoms with Crippen LogP contribution in [0.4, 0.5) is 5.82 Å². The van der Waals surface area contributed by atoms with Gasteiger partial charge in [0, 0.05) is 42.8 Å². The molecule has 3 aromatic rings. The van der Waals surface area contributed by atoms with Crippen molar-refractivity contribution in [1.82, 2.24) is 15.0 Å². The minimum atomic E-state index is -0.0622. The van der Waals surface area contributed by atoms with Crippen LogP contribution in [0.25, 0.3) is 0 Å². The lowest BCUT2D eigenvalue weighted by Gasteiger charge is -2.42. The fourth-order valence-corrected chi connectivity index (χ4v) is 6.09. The lowest BCUT2D eigenvalue weighted by atomic mass is 9.73. The largest absolute Gasteiger partial charge is 0.355 e. The number of carbonyl (C=O) groups excluding carboxylic acids is 1. The standard InChI is InChI=1S/C26H29N5OS/c1-16-17(2)28-11-8-21(16)33-22-15-29-25(23(30-22)18(3)32)31-12-9-26(10-13-31)14-19-6-4-5-7-20(19)24(26)27/h4-8,11,15,24H,9-10,12-14,27H2,1-3H3/t24-/m1/s1. The number of hydrogen-bond donors (Lipinski definition) is 1. The molecule has 0 radical (unpaired) electrons. The van der Waals surface area contributed by atoms with E-state index in [1.807, 2.05) is 19.9 Å². The lowest BCUT2D eigenvalue weighted by molar-refractivity contribution is 0.101. The number of aromatic nitrogens is 3. The van der Waals surface area contributed by atoms with Crippen LogP contribution in [-0.2, 0) is 6.42 Å². The predicted octanol–water partition coefficient (Wildman–Crippen LogP) is 4.68. The molecule has 33 heavy (non-hydrogen) atoms. The normalized spacial score (nSPS) is 19.0. The topological polar surface area (TPSA) is 85.0 Å². The molecule has 7 heteroatoms. The van der Waals surface area contributed by atoms with E-state index in [0.717, 1.165) is 53.5 Å². The van der Waals surface area contributed by atoms with Crippen LogP contribution in [-0.4, -0.2) is 33.8 Å². The van der Waals surface area contributed by atoms with Crippen LogP contribution in [0.1, 0.15) is 58.7 Å². The number of aryl methyl sites for hydroxylation is 1. The van der Waals surface area contributed by atoms with Crippen molar-refractivity contribution < 1.29 is 4.79 Å². The number of fused-ring (bicyclic) bond motifs is 1. The lowest BCUT2D eigenvalue weighted by Crippen LogP contribution is -2.45. The highest BCUT2D eigenvalue weighted by Gasteiger charge is 2.46. The van der Waals surface area contributed by atoms with E-state index in [2.05, 4.69) is 34.1 Å². The van der Waals surface area contributed by atoms with Crippen LogP contribution in [0, 0.1) is 19.3 Å². The van der Waals surface area contributed by atoms with Gasteiger partial charge in [-0.15, -0.1) is 0 Å². The molecule has 0 unspecified atom stereocenters. The summed E-state index contributed by atoms with van der Waals surface area (Å²) in [6.45, 7) is 7.26. The summed E-state index contributed by atoms with van der Waals surface area (Å²) in [5.74, 6) is 0.626. The number of nitrogens with zero attached hydrogens (tertiary/aromatic N) is 4. The van der Waals surface area contributed by atoms with Gasteiger partial charge >= 0.3 is 0 Å². The van der Waals surface area contributed by atoms with Crippen LogP contribution in [0.3, 0.4) is 0 Å². The molecule has 6 nitrogen and oxygen atoms in total. The van der Waals surface area contributed by atoms with Gasteiger partial charge in [-0.1, -0.05) is 36.0 Å². The Labute approximate surface area is 199 Å². The highest BCUT2D eigenvalue weighted by atomic mass is 32.2. The molecule has 3 heterocycles. The molecule has 1 aliphatic carbocycles. The van der Waals surface area contributed by atoms with Crippen molar-refractivity contribution in [3.63, 3.8) is 0 Å². The Morgan fingerprint density at radius 2 is 1.91 bits per heavy atom. The zero-order valence-electron chi connectivity index (χ0n) is 19.3. The molecule has 170 valence electrons. The number of carbonyl (C=O) groups is 1. The molecule has 1 atom stereocenters. The highest BCUT2D eigenvalue weighted by molar-refractivity contribution is 7.99. The maximum atomic E-state index is 12.5. The maximum Gasteiger partial charge on any atom is 0.181 e. The number of nitrogens with two attached hydrogens (primary N) is 1. The second-order valence-corrected chi connectivity index (χ2v) is 10.3. The fourth-order valence-electron chi connectivity index (χ4n) is 5.19. The fraction of sp³-hybridized carbons (Fsp3) is 0.385. The first-order valence-corrected chi connectivity index (χ1v) is 12.3. The first kappa shape index (κ1) is 22.0. The average molecular weight is 460 g/mol. The molecule has 1 fully saturated rings. The molecule has 0 bridgehead atoms. The summed E-state index contributed by atoms with van der Waals surface area (Å²) in [5, 5.41) is 0.722. The third-order valence-corrected chi connectivity index (χ3v) is 8.40. The van der Waals surface area contributed by atoms with Crippen LogP contribution in [0.15, 0.2) is 52.6 Å². The number of Topliss-reactive ketones (excluding diaryl/α,β-unsaturated/α-hetero) is 1. The monoisotopic (exact) mass is 459 g/mol. The summed E-state index contributed by atoms with van der Waals surface area (Å²) in [5.41, 5.74) is 12.0. The molecule has 2 aromatic heterocycles. The quantitative estimate of drug-likeness (QED) is 0.567. The number of rotatable bonds is 4. The third-order valence-electron chi connectivity index (χ3n) is 7.34. The Balaban J connectivity index is 1.36. The van der Waals surface area contributed by atoms with Crippen molar-refractivity contribution in [2.75, 3.05) is 18.0 Å². The molecule has 0 saturated carbocycles. The molecule has 1 aromatic carbocycles. The van der Waals surface area contributed by atoms with E-state index in [-0.39, 0.29) is 17.2 Å². The molecule has 0 amide bonds. The summed E-state index contributed by atoms with van der Waals surface area (Å²) in [6.07, 6.45) is 6.57. The number of ketones is 1. The second kappa shape index (κ2) is 8.54. The second-order valence-electron chi connectivity index (χ2n) is 9.26. The third kappa shape index (κ3) is 3.93. The van der Waals surface area contributed by atoms with Gasteiger partial charge < -0.3 is 10.6 Å². The number of pyridine rings is 1. The van der Waals surface area contributed by atoms with E-state index in [1.165, 1.54) is 22.9 Å². The number of piperidine rings is 1. The molecular weight excluding hydrogens is 430 g/mol. The van der Waals surface area contributed by atoms with Crippen molar-refractivity contribution >= 4 is 23.4 Å². The Bertz CT molecular complexity index is 1220. The van der Waals surface area contributed by atoms with Crippen LogP contribution in [0.2, 0.25) is 0 Å². The van der Waals surface area contributed by atoms with Gasteiger partial charge in [0.1, 0.15) is 10.7 Å². The van der Waals surface area contributed by atoms with Crippen molar-refractivity contribution in [1.29, 1.82) is 0 Å². The van der Waals surface area contributed by atoms with E-state index in [1.54, 1.807) is 19.3 Å². The molecule has 5 rings (SSSR count). The first-order chi connectivity index (χ1) is 15.9. The van der Waals surface area contributed by atoms with Gasteiger partial charge in [0.15, 0.2) is 11.6 Å². The van der Waals surface area contributed by atoms with Crippen LogP contribution >= 0.6 is 11.8 Å². The van der Waals surface area contributed by atoms with E-state index < -0.39 is 0 Å². The summed E-state index contributed by atoms with van der Waals surface area (Å²) < 4.78 is 0. The van der Waals surface area contributed by atoms with E-state index in [4.69, 9.17) is 15.7 Å². The molecule has 2 aliphatic rings. The molecule has 1 saturated heterocycles. The van der Waals surface area contributed by atoms with E-state index in [0.29, 0.717) is 11.5 Å². The molecule has 1 aliphatic heterocycles. The van der Waals surface area contributed by atoms with Crippen molar-refractivity contribution in [2.45, 2.75) is 56.0 Å². The SMILES string of the molecule is CC(=O)c1nc(Sc2ccnc(C)c2C)cnc1N1CCC2(CC1)Cc1ccccc1[C@H]2N. The van der Waals surface area contributed by atoms with Gasteiger partial charge in [-0.2, -0.15) is 0 Å². The summed E-state index contributed by atoms with van der Waals surface area (Å²) in [4.78, 5) is 29.6. The van der Waals surface area contributed by atoms with Crippen molar-refractivity contribution in [3.05, 3.63) is 70.8 Å². The van der Waals surface area contributed by atoms with Gasteiger partial charge in [0.2, 0.25) is 0 Å². The minimum Gasteiger partial charge on any atom is -0.355 e. The highest BCUT2D eigenvalue weighted by Crippen LogP contribution is 2.51. The first-order valence-electron chi connectivity index (χ1n) is 11.4. The number of anilines is 1. The number of benzene rings is 1. The Hall–Kier alpha value is -2.77. The minimum absolute atomic E-state index is 0.0622. The number of hydrogen-bond acceptors (Lipinski definition) is 7. The predicted molar refractivity (Wildman–Crippen MR) is 131 cm³/mol. The van der Waals surface area contributed by atoms with Crippen molar-refractivity contribution in [3.8, 4) is 0 Å². The summed E-state index contributed by atoms with van der Waals surface area (Å²) >= 11 is 1.52. The molecule has 2 N–H and O–H groups in total. The van der Waals surface area contributed by atoms with E-state index >= 15 is 0 Å². The summed E-state index contributed by atoms with van der Waals surface area (Å²) in [7, 11) is 0. The van der Waals surface area contributed by atoms with Crippen LogP contribution < -0.4 is 10.6 Å². The molecular formula is C26H29N5OS. The van der Waals surface area contributed by atoms with Gasteiger partial charge in [0.05, 0.1) is 6.20 Å². The smallest absolute Gasteiger partial charge is 0.181 e. The Morgan fingerprint density at radius 1 is 1.15 bits per heavy atom. The summed E-state index contributed by atoms with van der Waals surface area (Å²) in [6, 6.07) is 10.6. The molecule has 1 spiro atoms. The Morgan fingerprint density at radius 3 is 2.64 bits per heavy atom. The Kier molecular flexibility index (Phi) is 5.70.